The number of pyridine rings is 1. The molecule has 0 aliphatic carbocycles. The van der Waals surface area contributed by atoms with Crippen LogP contribution in [0.15, 0.2) is 42.6 Å². The number of ether oxygens (including phenoxy) is 2. The molecule has 0 spiro atoms. The number of rotatable bonds is 6. The van der Waals surface area contributed by atoms with Crippen LogP contribution in [0.1, 0.15) is 22.3 Å². The van der Waals surface area contributed by atoms with Gasteiger partial charge >= 0.3 is 0 Å². The van der Waals surface area contributed by atoms with Crippen LogP contribution in [0.25, 0.3) is 0 Å². The lowest BCUT2D eigenvalue weighted by Crippen LogP contribution is -2.32. The number of carbonyl (C=O) groups excluding carboxylic acids is 1. The molecule has 2 heterocycles. The molecule has 1 fully saturated rings. The summed E-state index contributed by atoms with van der Waals surface area (Å²) in [5.74, 6) is 0.0619. The molecular formula is C19H21FN2O3. The molecule has 0 bridgehead atoms. The van der Waals surface area contributed by atoms with Crippen molar-refractivity contribution in [2.75, 3.05) is 26.8 Å². The molecule has 1 saturated heterocycles. The lowest BCUT2D eigenvalue weighted by atomic mass is 10.1. The maximum atomic E-state index is 13.7. The third-order valence-corrected chi connectivity index (χ3v) is 4.23. The maximum Gasteiger partial charge on any atom is 0.259 e. The largest absolute Gasteiger partial charge is 0.472 e. The Bertz CT molecular complexity index is 732. The number of benzene rings is 1. The van der Waals surface area contributed by atoms with Gasteiger partial charge in [-0.3, -0.25) is 4.79 Å². The fourth-order valence-electron chi connectivity index (χ4n) is 2.83. The van der Waals surface area contributed by atoms with Crippen molar-refractivity contribution in [3.8, 4) is 5.88 Å². The molecule has 1 aromatic heterocycles. The van der Waals surface area contributed by atoms with Crippen LogP contribution in [0.3, 0.4) is 0 Å². The Morgan fingerprint density at radius 3 is 2.96 bits per heavy atom. The van der Waals surface area contributed by atoms with Gasteiger partial charge in [0.1, 0.15) is 18.0 Å². The van der Waals surface area contributed by atoms with Gasteiger partial charge in [0, 0.05) is 37.9 Å². The first-order valence-electron chi connectivity index (χ1n) is 8.29. The third kappa shape index (κ3) is 4.33. The molecule has 0 radical (unpaired) electrons. The van der Waals surface area contributed by atoms with E-state index in [9.17, 15) is 9.18 Å². The van der Waals surface area contributed by atoms with Gasteiger partial charge in [-0.05, 0) is 24.6 Å². The van der Waals surface area contributed by atoms with E-state index >= 15 is 0 Å². The summed E-state index contributed by atoms with van der Waals surface area (Å²) in [6.45, 7) is 2.07. The number of hydrogen-bond acceptors (Lipinski definition) is 4. The zero-order chi connectivity index (χ0) is 17.6. The number of carbonyl (C=O) groups is 1. The lowest BCUT2D eigenvalue weighted by Gasteiger charge is -2.21. The number of amides is 1. The molecule has 1 aliphatic heterocycles. The predicted octanol–water partition coefficient (Wildman–Crippen LogP) is 2.91. The van der Waals surface area contributed by atoms with Crippen molar-refractivity contribution in [2.24, 2.45) is 5.92 Å². The smallest absolute Gasteiger partial charge is 0.259 e. The van der Waals surface area contributed by atoms with E-state index in [0.717, 1.165) is 13.0 Å². The van der Waals surface area contributed by atoms with Gasteiger partial charge in [0.15, 0.2) is 0 Å². The van der Waals surface area contributed by atoms with Gasteiger partial charge in [0.05, 0.1) is 6.61 Å². The molecule has 0 unspecified atom stereocenters. The second kappa shape index (κ2) is 8.07. The van der Waals surface area contributed by atoms with E-state index in [0.29, 0.717) is 30.2 Å². The fourth-order valence-corrected chi connectivity index (χ4v) is 2.83. The minimum Gasteiger partial charge on any atom is -0.472 e. The van der Waals surface area contributed by atoms with Crippen molar-refractivity contribution in [3.63, 3.8) is 0 Å². The summed E-state index contributed by atoms with van der Waals surface area (Å²) in [5, 5.41) is 0. The zero-order valence-electron chi connectivity index (χ0n) is 14.2. The van der Waals surface area contributed by atoms with Gasteiger partial charge in [-0.15, -0.1) is 0 Å². The zero-order valence-corrected chi connectivity index (χ0v) is 14.2. The molecule has 1 aliphatic rings. The van der Waals surface area contributed by atoms with Crippen LogP contribution >= 0.6 is 0 Å². The first-order chi connectivity index (χ1) is 12.1. The van der Waals surface area contributed by atoms with Crippen molar-refractivity contribution in [3.05, 3.63) is 59.5 Å². The molecule has 1 aromatic carbocycles. The van der Waals surface area contributed by atoms with E-state index < -0.39 is 0 Å². The average Bonchev–Trinajstić information content (AvgIpc) is 3.13. The molecule has 3 rings (SSSR count). The highest BCUT2D eigenvalue weighted by molar-refractivity contribution is 5.96. The van der Waals surface area contributed by atoms with Crippen LogP contribution < -0.4 is 4.74 Å². The first kappa shape index (κ1) is 17.4. The maximum absolute atomic E-state index is 13.7. The Labute approximate surface area is 146 Å². The predicted molar refractivity (Wildman–Crippen MR) is 90.9 cm³/mol. The molecule has 132 valence electrons. The first-order valence-corrected chi connectivity index (χ1v) is 8.29. The number of nitrogens with zero attached hydrogens (tertiary/aromatic N) is 2. The van der Waals surface area contributed by atoms with Gasteiger partial charge in [0.25, 0.3) is 5.91 Å². The van der Waals surface area contributed by atoms with Gasteiger partial charge in [-0.25, -0.2) is 9.37 Å². The molecule has 25 heavy (non-hydrogen) atoms. The van der Waals surface area contributed by atoms with E-state index in [2.05, 4.69) is 4.98 Å². The molecule has 0 N–H and O–H groups in total. The second-order valence-corrected chi connectivity index (χ2v) is 6.15. The van der Waals surface area contributed by atoms with Crippen molar-refractivity contribution in [1.29, 1.82) is 0 Å². The normalized spacial score (nSPS) is 16.6. The van der Waals surface area contributed by atoms with Crippen molar-refractivity contribution >= 4 is 5.91 Å². The van der Waals surface area contributed by atoms with Crippen LogP contribution in [0.5, 0.6) is 5.88 Å². The molecular weight excluding hydrogens is 323 g/mol. The Morgan fingerprint density at radius 2 is 2.20 bits per heavy atom. The molecule has 1 atom stereocenters. The standard InChI is InChI=1S/C19H21FN2O3/c1-22(11-14-8-10-24-12-14)19(23)16-6-4-9-21-18(16)25-13-15-5-2-3-7-17(15)20/h2-7,9,14H,8,10-13H2,1H3/t14-/m1/s1. The third-order valence-electron chi connectivity index (χ3n) is 4.23. The highest BCUT2D eigenvalue weighted by Crippen LogP contribution is 2.20. The monoisotopic (exact) mass is 344 g/mol. The van der Waals surface area contributed by atoms with Gasteiger partial charge in [-0.2, -0.15) is 0 Å². The molecule has 5 nitrogen and oxygen atoms in total. The summed E-state index contributed by atoms with van der Waals surface area (Å²) >= 11 is 0. The van der Waals surface area contributed by atoms with Crippen LogP contribution in [0, 0.1) is 11.7 Å². The highest BCUT2D eigenvalue weighted by Gasteiger charge is 2.23. The van der Waals surface area contributed by atoms with E-state index in [1.54, 1.807) is 48.5 Å². The number of hydrogen-bond donors (Lipinski definition) is 0. The minimum absolute atomic E-state index is 0.0180. The van der Waals surface area contributed by atoms with E-state index in [4.69, 9.17) is 9.47 Å². The topological polar surface area (TPSA) is 51.7 Å². The van der Waals surface area contributed by atoms with Crippen LogP contribution in [0.2, 0.25) is 0 Å². The fraction of sp³-hybridized carbons (Fsp3) is 0.368. The summed E-state index contributed by atoms with van der Waals surface area (Å²) in [6, 6.07) is 9.75. The van der Waals surface area contributed by atoms with Crippen LogP contribution in [-0.4, -0.2) is 42.6 Å². The number of halogens is 1. The SMILES string of the molecule is CN(C[C@H]1CCOC1)C(=O)c1cccnc1OCc1ccccc1F. The lowest BCUT2D eigenvalue weighted by molar-refractivity contribution is 0.0760. The quantitative estimate of drug-likeness (QED) is 0.808. The average molecular weight is 344 g/mol. The Balaban J connectivity index is 1.69. The Hall–Kier alpha value is -2.47. The Kier molecular flexibility index (Phi) is 5.60. The van der Waals surface area contributed by atoms with E-state index in [1.807, 2.05) is 0 Å². The summed E-state index contributed by atoms with van der Waals surface area (Å²) in [5.41, 5.74) is 0.795. The summed E-state index contributed by atoms with van der Waals surface area (Å²) in [7, 11) is 1.76. The van der Waals surface area contributed by atoms with Gasteiger partial charge in [-0.1, -0.05) is 18.2 Å². The molecule has 0 saturated carbocycles. The highest BCUT2D eigenvalue weighted by atomic mass is 19.1. The van der Waals surface area contributed by atoms with Crippen molar-refractivity contribution in [1.82, 2.24) is 9.88 Å². The second-order valence-electron chi connectivity index (χ2n) is 6.15. The molecule has 2 aromatic rings. The summed E-state index contributed by atoms with van der Waals surface area (Å²) < 4.78 is 24.7. The van der Waals surface area contributed by atoms with Gasteiger partial charge < -0.3 is 14.4 Å². The number of aromatic nitrogens is 1. The van der Waals surface area contributed by atoms with Crippen LogP contribution in [-0.2, 0) is 11.3 Å². The van der Waals surface area contributed by atoms with Gasteiger partial charge in [0.2, 0.25) is 5.88 Å². The van der Waals surface area contributed by atoms with Crippen molar-refractivity contribution in [2.45, 2.75) is 13.0 Å². The minimum atomic E-state index is -0.343. The van der Waals surface area contributed by atoms with E-state index in [-0.39, 0.29) is 24.2 Å². The molecule has 1 amide bonds. The Morgan fingerprint density at radius 1 is 1.36 bits per heavy atom. The van der Waals surface area contributed by atoms with E-state index in [1.165, 1.54) is 6.07 Å². The molecule has 6 heteroatoms. The van der Waals surface area contributed by atoms with Crippen molar-refractivity contribution < 1.29 is 18.7 Å². The van der Waals surface area contributed by atoms with Crippen LogP contribution in [0.4, 0.5) is 4.39 Å². The summed E-state index contributed by atoms with van der Waals surface area (Å²) in [6.07, 6.45) is 2.51. The summed E-state index contributed by atoms with van der Waals surface area (Å²) in [4.78, 5) is 18.5.